The fourth-order valence-corrected chi connectivity index (χ4v) is 2.20. The first-order valence-electron chi connectivity index (χ1n) is 8.40. The normalized spacial score (nSPS) is 11.0. The highest BCUT2D eigenvalue weighted by Crippen LogP contribution is 2.22. The van der Waals surface area contributed by atoms with E-state index in [2.05, 4.69) is 82.0 Å². The van der Waals surface area contributed by atoms with Crippen molar-refractivity contribution in [3.05, 3.63) is 60.2 Å². The van der Waals surface area contributed by atoms with Gasteiger partial charge in [0.15, 0.2) is 0 Å². The summed E-state index contributed by atoms with van der Waals surface area (Å²) in [5.41, 5.74) is 5.87. The van der Waals surface area contributed by atoms with Crippen LogP contribution in [0.5, 0.6) is 0 Å². The summed E-state index contributed by atoms with van der Waals surface area (Å²) in [5, 5.41) is 0. The van der Waals surface area contributed by atoms with E-state index in [1.54, 1.807) is 0 Å². The molecular weight excluding hydrogens is 326 g/mol. The van der Waals surface area contributed by atoms with E-state index in [-0.39, 0.29) is 17.8 Å². The number of hydrogen-bond acceptors (Lipinski definition) is 1. The lowest BCUT2D eigenvalue weighted by Crippen LogP contribution is -2.17. The minimum absolute atomic E-state index is 0. The molecule has 0 saturated carbocycles. The highest BCUT2D eigenvalue weighted by Gasteiger charge is 2.05. The molecule has 0 N–H and O–H groups in total. The fraction of sp³-hybridized carbons (Fsp3) is 0.391. The molecule has 0 spiro atoms. The van der Waals surface area contributed by atoms with Crippen LogP contribution >= 0.6 is 12.4 Å². The lowest BCUT2D eigenvalue weighted by molar-refractivity contribution is 0.363. The molecule has 1 rings (SSSR count). The van der Waals surface area contributed by atoms with Crippen molar-refractivity contribution in [3.63, 3.8) is 0 Å². The van der Waals surface area contributed by atoms with Gasteiger partial charge >= 0.3 is 0 Å². The van der Waals surface area contributed by atoms with Crippen LogP contribution in [0.15, 0.2) is 43.5 Å². The Balaban J connectivity index is 0.00000576. The van der Waals surface area contributed by atoms with Gasteiger partial charge in [-0.1, -0.05) is 54.4 Å². The van der Waals surface area contributed by atoms with E-state index in [1.165, 1.54) is 16.7 Å². The van der Waals surface area contributed by atoms with Crippen molar-refractivity contribution in [2.45, 2.75) is 41.2 Å². The first-order chi connectivity index (χ1) is 11.1. The molecule has 136 valence electrons. The smallest absolute Gasteiger partial charge is 0.0234 e. The molecule has 0 aliphatic carbocycles. The molecule has 1 aromatic carbocycles. The van der Waals surface area contributed by atoms with Crippen LogP contribution in [-0.4, -0.2) is 18.5 Å². The molecule has 0 aliphatic rings. The molecule has 0 fully saturated rings. The SMILES string of the molecule is C=C(C)c1cc(CN(C)CC=CC#CC(C)(C)C)cc(C(=C)C)c1.Cl. The first kappa shape index (κ1) is 23.2. The second-order valence-corrected chi connectivity index (χ2v) is 7.60. The van der Waals surface area contributed by atoms with Crippen molar-refractivity contribution in [2.24, 2.45) is 5.41 Å². The molecule has 0 amide bonds. The Kier molecular flexibility index (Phi) is 9.57. The number of nitrogens with zero attached hydrogens (tertiary/aromatic N) is 1. The highest BCUT2D eigenvalue weighted by atomic mass is 35.5. The zero-order valence-corrected chi connectivity index (χ0v) is 17.4. The predicted molar refractivity (Wildman–Crippen MR) is 116 cm³/mol. The van der Waals surface area contributed by atoms with E-state index in [9.17, 15) is 0 Å². The molecule has 0 heterocycles. The molecule has 0 bridgehead atoms. The van der Waals surface area contributed by atoms with Crippen LogP contribution in [0.1, 0.15) is 51.3 Å². The van der Waals surface area contributed by atoms with Gasteiger partial charge in [-0.25, -0.2) is 0 Å². The van der Waals surface area contributed by atoms with Crippen LogP contribution in [0.3, 0.4) is 0 Å². The van der Waals surface area contributed by atoms with Crippen LogP contribution in [0, 0.1) is 17.3 Å². The summed E-state index contributed by atoms with van der Waals surface area (Å²) in [6, 6.07) is 6.60. The van der Waals surface area contributed by atoms with Gasteiger partial charge in [0.25, 0.3) is 0 Å². The molecule has 0 atom stereocenters. The zero-order chi connectivity index (χ0) is 18.3. The van der Waals surface area contributed by atoms with Gasteiger partial charge in [-0.3, -0.25) is 4.90 Å². The Bertz CT molecular complexity index is 661. The van der Waals surface area contributed by atoms with Gasteiger partial charge in [-0.05, 0) is 70.5 Å². The van der Waals surface area contributed by atoms with Gasteiger partial charge in [0.05, 0.1) is 0 Å². The average Bonchev–Trinajstić information content (AvgIpc) is 2.45. The minimum Gasteiger partial charge on any atom is -0.298 e. The molecular formula is C23H32ClN. The van der Waals surface area contributed by atoms with Crippen LogP contribution in [-0.2, 0) is 6.54 Å². The number of halogens is 1. The third-order valence-corrected chi connectivity index (χ3v) is 3.50. The van der Waals surface area contributed by atoms with Crippen molar-refractivity contribution in [1.29, 1.82) is 0 Å². The largest absolute Gasteiger partial charge is 0.298 e. The standard InChI is InChI=1S/C23H31N.ClH/c1-18(2)21-14-20(15-22(16-21)19(3)4)17-24(8)13-11-9-10-12-23(5,6)7;/h9,11,14-16H,1,3,13,17H2,2,4-8H3;1H. The van der Waals surface area contributed by atoms with Gasteiger partial charge in [0.1, 0.15) is 0 Å². The van der Waals surface area contributed by atoms with E-state index < -0.39 is 0 Å². The second-order valence-electron chi connectivity index (χ2n) is 7.60. The van der Waals surface area contributed by atoms with Gasteiger partial charge in [0.2, 0.25) is 0 Å². The van der Waals surface area contributed by atoms with Crippen LogP contribution in [0.2, 0.25) is 0 Å². The maximum atomic E-state index is 4.07. The van der Waals surface area contributed by atoms with Crippen molar-refractivity contribution in [1.82, 2.24) is 4.90 Å². The Morgan fingerprint density at radius 3 is 2.04 bits per heavy atom. The molecule has 25 heavy (non-hydrogen) atoms. The van der Waals surface area contributed by atoms with Gasteiger partial charge in [-0.2, -0.15) is 0 Å². The lowest BCUT2D eigenvalue weighted by atomic mass is 9.98. The van der Waals surface area contributed by atoms with Crippen molar-refractivity contribution in [3.8, 4) is 11.8 Å². The number of likely N-dealkylation sites (N-methyl/N-ethyl adjacent to an activating group) is 1. The van der Waals surface area contributed by atoms with Crippen LogP contribution in [0.25, 0.3) is 11.1 Å². The average molecular weight is 358 g/mol. The van der Waals surface area contributed by atoms with Crippen LogP contribution in [0.4, 0.5) is 0 Å². The fourth-order valence-electron chi connectivity index (χ4n) is 2.20. The third-order valence-electron chi connectivity index (χ3n) is 3.50. The third kappa shape index (κ3) is 9.34. The Labute approximate surface area is 160 Å². The summed E-state index contributed by atoms with van der Waals surface area (Å²) >= 11 is 0. The van der Waals surface area contributed by atoms with E-state index in [0.29, 0.717) is 0 Å². The molecule has 1 nitrogen and oxygen atoms in total. The highest BCUT2D eigenvalue weighted by molar-refractivity contribution is 5.85. The van der Waals surface area contributed by atoms with Crippen molar-refractivity contribution >= 4 is 23.6 Å². The van der Waals surface area contributed by atoms with Gasteiger partial charge in [0, 0.05) is 18.5 Å². The molecule has 0 aliphatic heterocycles. The Morgan fingerprint density at radius 1 is 1.08 bits per heavy atom. The topological polar surface area (TPSA) is 3.24 Å². The Hall–Kier alpha value is -1.75. The number of rotatable bonds is 6. The van der Waals surface area contributed by atoms with Gasteiger partial charge in [-0.15, -0.1) is 12.4 Å². The Morgan fingerprint density at radius 2 is 1.60 bits per heavy atom. The molecule has 0 saturated heterocycles. The van der Waals surface area contributed by atoms with Crippen molar-refractivity contribution < 1.29 is 0 Å². The minimum atomic E-state index is 0. The van der Waals surface area contributed by atoms with Crippen molar-refractivity contribution in [2.75, 3.05) is 13.6 Å². The quantitative estimate of drug-likeness (QED) is 0.547. The lowest BCUT2D eigenvalue weighted by Gasteiger charge is -2.16. The molecule has 1 aromatic rings. The van der Waals surface area contributed by atoms with E-state index in [4.69, 9.17) is 0 Å². The molecule has 0 aromatic heterocycles. The number of hydrogen-bond donors (Lipinski definition) is 0. The number of allylic oxidation sites excluding steroid dienone is 3. The predicted octanol–water partition coefficient (Wildman–Crippen LogP) is 6.21. The molecule has 0 unspecified atom stereocenters. The van der Waals surface area contributed by atoms with E-state index >= 15 is 0 Å². The number of benzene rings is 1. The maximum absolute atomic E-state index is 4.07. The summed E-state index contributed by atoms with van der Waals surface area (Å²) in [4.78, 5) is 2.27. The maximum Gasteiger partial charge on any atom is 0.0234 e. The summed E-state index contributed by atoms with van der Waals surface area (Å²) in [7, 11) is 2.12. The summed E-state index contributed by atoms with van der Waals surface area (Å²) in [6.07, 6.45) is 4.06. The van der Waals surface area contributed by atoms with E-state index in [0.717, 1.165) is 24.2 Å². The zero-order valence-electron chi connectivity index (χ0n) is 16.6. The van der Waals surface area contributed by atoms with Crippen LogP contribution < -0.4 is 0 Å². The summed E-state index contributed by atoms with van der Waals surface area (Å²) < 4.78 is 0. The summed E-state index contributed by atoms with van der Waals surface area (Å²) in [5.74, 6) is 6.32. The monoisotopic (exact) mass is 357 g/mol. The molecule has 0 radical (unpaired) electrons. The second kappa shape index (κ2) is 10.3. The first-order valence-corrected chi connectivity index (χ1v) is 8.40. The van der Waals surface area contributed by atoms with Gasteiger partial charge < -0.3 is 0 Å². The molecule has 2 heteroatoms. The summed E-state index contributed by atoms with van der Waals surface area (Å²) in [6.45, 7) is 20.3. The van der Waals surface area contributed by atoms with E-state index in [1.807, 2.05) is 19.9 Å².